The lowest BCUT2D eigenvalue weighted by molar-refractivity contribution is -0.119. The number of rotatable bonds is 9. The molecular formula is C30H31ClN4O4S. The van der Waals surface area contributed by atoms with E-state index in [4.69, 9.17) is 16.3 Å². The fourth-order valence-corrected chi connectivity index (χ4v) is 6.05. The Balaban J connectivity index is 1.58. The summed E-state index contributed by atoms with van der Waals surface area (Å²) in [6, 6.07) is 21.1. The number of anilines is 1. The van der Waals surface area contributed by atoms with Gasteiger partial charge < -0.3 is 9.30 Å². The summed E-state index contributed by atoms with van der Waals surface area (Å²) in [5.74, 6) is -0.234. The average molecular weight is 579 g/mol. The molecule has 0 unspecified atom stereocenters. The maximum absolute atomic E-state index is 13.6. The van der Waals surface area contributed by atoms with E-state index in [1.807, 2.05) is 52.0 Å². The number of methoxy groups -OCH3 is 1. The number of aryl methyl sites for hydroxylation is 3. The van der Waals surface area contributed by atoms with Crippen LogP contribution in [-0.4, -0.2) is 38.8 Å². The molecular weight excluding hydrogens is 548 g/mol. The predicted octanol–water partition coefficient (Wildman–Crippen LogP) is 5.72. The van der Waals surface area contributed by atoms with Crippen molar-refractivity contribution < 1.29 is 17.9 Å². The van der Waals surface area contributed by atoms with Crippen molar-refractivity contribution in [3.63, 3.8) is 0 Å². The highest BCUT2D eigenvalue weighted by atomic mass is 35.5. The minimum absolute atomic E-state index is 0.0462. The van der Waals surface area contributed by atoms with Gasteiger partial charge in [-0.2, -0.15) is 5.10 Å². The molecule has 1 aromatic heterocycles. The van der Waals surface area contributed by atoms with Crippen LogP contribution in [-0.2, 0) is 14.8 Å². The predicted molar refractivity (Wildman–Crippen MR) is 159 cm³/mol. The van der Waals surface area contributed by atoms with Crippen molar-refractivity contribution in [2.75, 3.05) is 18.0 Å². The van der Waals surface area contributed by atoms with Gasteiger partial charge in [-0.15, -0.1) is 0 Å². The number of nitrogens with one attached hydrogen (secondary N) is 1. The zero-order valence-electron chi connectivity index (χ0n) is 23.0. The van der Waals surface area contributed by atoms with Crippen molar-refractivity contribution in [1.29, 1.82) is 0 Å². The second kappa shape index (κ2) is 12.0. The molecule has 10 heteroatoms. The van der Waals surface area contributed by atoms with Gasteiger partial charge in [-0.05, 0) is 81.8 Å². The third kappa shape index (κ3) is 6.21. The molecule has 0 saturated heterocycles. The molecule has 1 N–H and O–H groups in total. The normalized spacial score (nSPS) is 11.6. The minimum atomic E-state index is -4.10. The van der Waals surface area contributed by atoms with Crippen LogP contribution in [0.1, 0.15) is 28.1 Å². The topological polar surface area (TPSA) is 93.0 Å². The summed E-state index contributed by atoms with van der Waals surface area (Å²) in [5, 5.41) is 4.34. The van der Waals surface area contributed by atoms with Gasteiger partial charge in [0.25, 0.3) is 15.9 Å². The number of carbonyl (C=O) groups is 1. The third-order valence-electron chi connectivity index (χ3n) is 6.44. The monoisotopic (exact) mass is 578 g/mol. The van der Waals surface area contributed by atoms with Crippen LogP contribution in [0.25, 0.3) is 5.69 Å². The van der Waals surface area contributed by atoms with E-state index in [9.17, 15) is 13.2 Å². The van der Waals surface area contributed by atoms with Crippen LogP contribution < -0.4 is 14.5 Å². The van der Waals surface area contributed by atoms with Gasteiger partial charge in [-0.1, -0.05) is 41.4 Å². The lowest BCUT2D eigenvalue weighted by Crippen LogP contribution is -2.39. The maximum atomic E-state index is 13.6. The highest BCUT2D eigenvalue weighted by molar-refractivity contribution is 7.92. The number of amides is 1. The average Bonchev–Trinajstić information content (AvgIpc) is 3.19. The van der Waals surface area contributed by atoms with E-state index in [-0.39, 0.29) is 15.6 Å². The molecule has 0 spiro atoms. The summed E-state index contributed by atoms with van der Waals surface area (Å²) < 4.78 is 35.5. The van der Waals surface area contributed by atoms with E-state index >= 15 is 0 Å². The van der Waals surface area contributed by atoms with Gasteiger partial charge in [0.2, 0.25) is 0 Å². The molecule has 40 heavy (non-hydrogen) atoms. The molecule has 0 aliphatic heterocycles. The van der Waals surface area contributed by atoms with Crippen LogP contribution in [0, 0.1) is 27.7 Å². The molecule has 3 aromatic carbocycles. The van der Waals surface area contributed by atoms with E-state index in [0.29, 0.717) is 5.75 Å². The van der Waals surface area contributed by atoms with Crippen LogP contribution in [0.2, 0.25) is 5.02 Å². The Morgan fingerprint density at radius 3 is 2.38 bits per heavy atom. The Morgan fingerprint density at radius 1 is 1.00 bits per heavy atom. The molecule has 208 valence electrons. The highest BCUT2D eigenvalue weighted by Gasteiger charge is 2.28. The molecule has 0 atom stereocenters. The van der Waals surface area contributed by atoms with Crippen LogP contribution in [0.5, 0.6) is 5.75 Å². The maximum Gasteiger partial charge on any atom is 0.264 e. The second-order valence-corrected chi connectivity index (χ2v) is 11.7. The van der Waals surface area contributed by atoms with Crippen molar-refractivity contribution in [2.24, 2.45) is 5.10 Å². The first-order valence-corrected chi connectivity index (χ1v) is 14.3. The zero-order valence-corrected chi connectivity index (χ0v) is 24.5. The lowest BCUT2D eigenvalue weighted by atomic mass is 10.2. The number of halogens is 1. The van der Waals surface area contributed by atoms with Crippen LogP contribution in [0.3, 0.4) is 0 Å². The zero-order chi connectivity index (χ0) is 29.0. The Kier molecular flexibility index (Phi) is 8.66. The van der Waals surface area contributed by atoms with Gasteiger partial charge in [-0.3, -0.25) is 9.10 Å². The van der Waals surface area contributed by atoms with E-state index in [1.54, 1.807) is 24.4 Å². The molecule has 0 radical (unpaired) electrons. The number of hydrazone groups is 1. The Morgan fingerprint density at radius 2 is 1.73 bits per heavy atom. The number of hydrogen-bond donors (Lipinski definition) is 1. The quantitative estimate of drug-likeness (QED) is 0.203. The Hall–Kier alpha value is -4.08. The van der Waals surface area contributed by atoms with E-state index < -0.39 is 22.5 Å². The first-order chi connectivity index (χ1) is 19.0. The van der Waals surface area contributed by atoms with Gasteiger partial charge in [0, 0.05) is 22.6 Å². The number of benzene rings is 3. The van der Waals surface area contributed by atoms with Crippen molar-refractivity contribution in [1.82, 2.24) is 9.99 Å². The largest absolute Gasteiger partial charge is 0.495 e. The standard InChI is InChI=1S/C30H31ClN4O4S/c1-20-9-12-27(13-10-20)40(37,38)34(25-11-14-29(39-5)28(31)17-25)19-30(36)33-32-18-24-16-22(3)35(23(24)4)26-8-6-7-21(2)15-26/h6-18H,19H2,1-5H3,(H,33,36)/b32-18-. The van der Waals surface area contributed by atoms with E-state index in [1.165, 1.54) is 31.4 Å². The summed E-state index contributed by atoms with van der Waals surface area (Å²) >= 11 is 6.29. The van der Waals surface area contributed by atoms with Gasteiger partial charge >= 0.3 is 0 Å². The fraction of sp³-hybridized carbons (Fsp3) is 0.200. The van der Waals surface area contributed by atoms with Crippen LogP contribution in [0.15, 0.2) is 82.8 Å². The van der Waals surface area contributed by atoms with Gasteiger partial charge in [0.15, 0.2) is 0 Å². The fourth-order valence-electron chi connectivity index (χ4n) is 4.39. The Labute approximate surface area is 239 Å². The number of sulfonamides is 1. The Bertz CT molecular complexity index is 1680. The van der Waals surface area contributed by atoms with Gasteiger partial charge in [0.05, 0.1) is 28.9 Å². The molecule has 8 nitrogen and oxygen atoms in total. The molecule has 0 fully saturated rings. The molecule has 0 aliphatic rings. The van der Waals surface area contributed by atoms with Crippen LogP contribution in [0.4, 0.5) is 5.69 Å². The SMILES string of the molecule is COc1ccc(N(CC(=O)N/N=C\c2cc(C)n(-c3cccc(C)c3)c2C)S(=O)(=O)c2ccc(C)cc2)cc1Cl. The summed E-state index contributed by atoms with van der Waals surface area (Å²) in [4.78, 5) is 13.0. The highest BCUT2D eigenvalue weighted by Crippen LogP contribution is 2.32. The first-order valence-electron chi connectivity index (χ1n) is 12.5. The summed E-state index contributed by atoms with van der Waals surface area (Å²) in [5.41, 5.74) is 8.57. The summed E-state index contributed by atoms with van der Waals surface area (Å²) in [6.45, 7) is 7.36. The molecule has 4 rings (SSSR count). The third-order valence-corrected chi connectivity index (χ3v) is 8.53. The molecule has 0 aliphatic carbocycles. The molecule has 4 aromatic rings. The number of nitrogens with zero attached hydrogens (tertiary/aromatic N) is 3. The second-order valence-electron chi connectivity index (χ2n) is 9.44. The molecule has 0 saturated carbocycles. The van der Waals surface area contributed by atoms with E-state index in [2.05, 4.69) is 21.2 Å². The summed E-state index contributed by atoms with van der Waals surface area (Å²) in [6.07, 6.45) is 1.55. The summed E-state index contributed by atoms with van der Waals surface area (Å²) in [7, 11) is -2.64. The number of aromatic nitrogens is 1. The van der Waals surface area contributed by atoms with Crippen molar-refractivity contribution in [2.45, 2.75) is 32.6 Å². The van der Waals surface area contributed by atoms with Gasteiger partial charge in [0.1, 0.15) is 12.3 Å². The number of carbonyl (C=O) groups excluding carboxylic acids is 1. The molecule has 1 heterocycles. The van der Waals surface area contributed by atoms with Crippen molar-refractivity contribution in [3.05, 3.63) is 106 Å². The lowest BCUT2D eigenvalue weighted by Gasteiger charge is -2.24. The number of hydrogen-bond acceptors (Lipinski definition) is 5. The van der Waals surface area contributed by atoms with Crippen molar-refractivity contribution >= 4 is 39.4 Å². The van der Waals surface area contributed by atoms with Gasteiger partial charge in [-0.25, -0.2) is 13.8 Å². The first kappa shape index (κ1) is 28.9. The van der Waals surface area contributed by atoms with Crippen molar-refractivity contribution in [3.8, 4) is 11.4 Å². The van der Waals surface area contributed by atoms with E-state index in [0.717, 1.165) is 38.1 Å². The smallest absolute Gasteiger partial charge is 0.264 e. The molecule has 1 amide bonds. The minimum Gasteiger partial charge on any atom is -0.495 e. The number of ether oxygens (including phenoxy) is 1. The van der Waals surface area contributed by atoms with Crippen LogP contribution >= 0.6 is 11.6 Å². The molecule has 0 bridgehead atoms.